The molecule has 0 aliphatic carbocycles. The summed E-state index contributed by atoms with van der Waals surface area (Å²) in [5.74, 6) is -1.07. The van der Waals surface area contributed by atoms with Crippen LogP contribution in [0.5, 0.6) is 0 Å². The summed E-state index contributed by atoms with van der Waals surface area (Å²) in [6.07, 6.45) is 0. The number of carbonyl (C=O) groups excluding carboxylic acids is 1. The highest BCUT2D eigenvalue weighted by Gasteiger charge is 2.20. The van der Waals surface area contributed by atoms with Gasteiger partial charge in [0.2, 0.25) is 0 Å². The molecular formula is C19H16N4O2. The van der Waals surface area contributed by atoms with Gasteiger partial charge in [0.25, 0.3) is 5.91 Å². The number of aliphatic hydroxyl groups is 1. The first-order valence-corrected chi connectivity index (χ1v) is 7.69. The van der Waals surface area contributed by atoms with Crippen molar-refractivity contribution in [1.29, 1.82) is 5.26 Å². The van der Waals surface area contributed by atoms with Crippen molar-refractivity contribution in [3.8, 4) is 6.07 Å². The molecule has 124 valence electrons. The molecule has 2 N–H and O–H groups in total. The Bertz CT molecular complexity index is 997. The lowest BCUT2D eigenvalue weighted by atomic mass is 10.1. The van der Waals surface area contributed by atoms with E-state index in [2.05, 4.69) is 10.4 Å². The third-order valence-electron chi connectivity index (χ3n) is 3.85. The lowest BCUT2D eigenvalue weighted by Gasteiger charge is -2.06. The molecule has 0 aliphatic rings. The molecule has 0 spiro atoms. The minimum absolute atomic E-state index is 0.213. The summed E-state index contributed by atoms with van der Waals surface area (Å²) < 4.78 is 1.59. The molecule has 0 unspecified atom stereocenters. The summed E-state index contributed by atoms with van der Waals surface area (Å²) in [4.78, 5) is 12.3. The van der Waals surface area contributed by atoms with E-state index in [-0.39, 0.29) is 17.8 Å². The van der Waals surface area contributed by atoms with E-state index in [0.717, 1.165) is 11.1 Å². The Hall–Kier alpha value is -3.59. The topological polar surface area (TPSA) is 90.9 Å². The largest absolute Gasteiger partial charge is 0.504 e. The number of aryl methyl sites for hydroxylation is 1. The van der Waals surface area contributed by atoms with E-state index >= 15 is 0 Å². The molecule has 25 heavy (non-hydrogen) atoms. The summed E-state index contributed by atoms with van der Waals surface area (Å²) in [5.41, 5.74) is 1.55. The highest BCUT2D eigenvalue weighted by Crippen LogP contribution is 2.24. The first-order valence-electron chi connectivity index (χ1n) is 7.69. The minimum atomic E-state index is -0.640. The van der Waals surface area contributed by atoms with Crippen LogP contribution in [0, 0.1) is 11.3 Å². The van der Waals surface area contributed by atoms with Gasteiger partial charge in [-0.25, -0.2) is 0 Å². The van der Waals surface area contributed by atoms with Crippen LogP contribution in [0.15, 0.2) is 60.2 Å². The maximum atomic E-state index is 12.3. The number of hydrogen-bond acceptors (Lipinski definition) is 4. The zero-order valence-corrected chi connectivity index (χ0v) is 13.6. The van der Waals surface area contributed by atoms with Crippen LogP contribution in [-0.4, -0.2) is 20.8 Å². The fraction of sp³-hybridized carbons (Fsp3) is 0.105. The summed E-state index contributed by atoms with van der Waals surface area (Å²) in [6, 6.07) is 18.4. The summed E-state index contributed by atoms with van der Waals surface area (Å²) in [7, 11) is 1.74. The fourth-order valence-electron chi connectivity index (χ4n) is 2.58. The van der Waals surface area contributed by atoms with Crippen LogP contribution in [0.2, 0.25) is 0 Å². The number of nitriles is 1. The van der Waals surface area contributed by atoms with E-state index in [1.807, 2.05) is 48.5 Å². The molecule has 1 heterocycles. The van der Waals surface area contributed by atoms with E-state index in [0.29, 0.717) is 5.39 Å². The second-order valence-corrected chi connectivity index (χ2v) is 5.49. The van der Waals surface area contributed by atoms with Crippen molar-refractivity contribution in [2.75, 3.05) is 0 Å². The Kier molecular flexibility index (Phi) is 4.48. The van der Waals surface area contributed by atoms with Gasteiger partial charge in [-0.05, 0) is 11.6 Å². The Morgan fingerprint density at radius 3 is 2.60 bits per heavy atom. The Morgan fingerprint density at radius 2 is 1.88 bits per heavy atom. The molecule has 0 saturated carbocycles. The van der Waals surface area contributed by atoms with Crippen LogP contribution in [0.25, 0.3) is 16.7 Å². The number of nitrogens with zero attached hydrogens (tertiary/aromatic N) is 3. The monoisotopic (exact) mass is 332 g/mol. The van der Waals surface area contributed by atoms with Crippen LogP contribution in [-0.2, 0) is 18.4 Å². The van der Waals surface area contributed by atoms with Gasteiger partial charge in [-0.15, -0.1) is 0 Å². The maximum Gasteiger partial charge on any atom is 0.266 e. The van der Waals surface area contributed by atoms with Crippen molar-refractivity contribution in [2.45, 2.75) is 6.54 Å². The van der Waals surface area contributed by atoms with Crippen molar-refractivity contribution in [3.05, 3.63) is 71.4 Å². The number of fused-ring (bicyclic) bond motifs is 1. The predicted octanol–water partition coefficient (Wildman–Crippen LogP) is 2.68. The van der Waals surface area contributed by atoms with Crippen molar-refractivity contribution in [1.82, 2.24) is 15.1 Å². The van der Waals surface area contributed by atoms with E-state index in [9.17, 15) is 15.2 Å². The summed E-state index contributed by atoms with van der Waals surface area (Å²) >= 11 is 0. The van der Waals surface area contributed by atoms with Crippen LogP contribution in [0.1, 0.15) is 11.3 Å². The molecule has 0 aliphatic heterocycles. The minimum Gasteiger partial charge on any atom is -0.504 e. The number of amides is 1. The zero-order valence-electron chi connectivity index (χ0n) is 13.6. The van der Waals surface area contributed by atoms with Gasteiger partial charge in [0, 0.05) is 19.0 Å². The predicted molar refractivity (Wildman–Crippen MR) is 94.2 cm³/mol. The van der Waals surface area contributed by atoms with Crippen LogP contribution >= 0.6 is 0 Å². The number of nitrogens with one attached hydrogen (secondary N) is 1. The number of aromatic nitrogens is 2. The normalized spacial score (nSPS) is 11.7. The number of rotatable bonds is 4. The van der Waals surface area contributed by atoms with Gasteiger partial charge in [0.05, 0.1) is 5.52 Å². The standard InChI is InChI=1S/C19H16N4O2/c1-23-16-10-6-5-9-14(16)17(22-23)18(24)15(11-20)19(25)21-12-13-7-3-2-4-8-13/h2-10,24H,12H2,1H3,(H,21,25)/b18-15-. The second kappa shape index (κ2) is 6.89. The van der Waals surface area contributed by atoms with E-state index in [4.69, 9.17) is 0 Å². The van der Waals surface area contributed by atoms with Gasteiger partial charge in [-0.2, -0.15) is 10.4 Å². The smallest absolute Gasteiger partial charge is 0.266 e. The molecule has 0 atom stereocenters. The van der Waals surface area contributed by atoms with E-state index < -0.39 is 11.7 Å². The highest BCUT2D eigenvalue weighted by atomic mass is 16.3. The molecule has 0 saturated heterocycles. The average molecular weight is 332 g/mol. The third-order valence-corrected chi connectivity index (χ3v) is 3.85. The maximum absolute atomic E-state index is 12.3. The highest BCUT2D eigenvalue weighted by molar-refractivity contribution is 6.05. The van der Waals surface area contributed by atoms with Gasteiger partial charge in [-0.1, -0.05) is 48.5 Å². The van der Waals surface area contributed by atoms with Crippen molar-refractivity contribution < 1.29 is 9.90 Å². The van der Waals surface area contributed by atoms with Gasteiger partial charge >= 0.3 is 0 Å². The number of aliphatic hydroxyl groups excluding tert-OH is 1. The Balaban J connectivity index is 1.92. The molecule has 6 nitrogen and oxygen atoms in total. The van der Waals surface area contributed by atoms with E-state index in [1.165, 1.54) is 0 Å². The first-order chi connectivity index (χ1) is 12.1. The number of carbonyl (C=O) groups is 1. The van der Waals surface area contributed by atoms with Crippen molar-refractivity contribution in [2.24, 2.45) is 7.05 Å². The van der Waals surface area contributed by atoms with Crippen LogP contribution in [0.3, 0.4) is 0 Å². The Morgan fingerprint density at radius 1 is 1.20 bits per heavy atom. The van der Waals surface area contributed by atoms with E-state index in [1.54, 1.807) is 23.9 Å². The number of benzene rings is 2. The molecular weight excluding hydrogens is 316 g/mol. The molecule has 0 radical (unpaired) electrons. The van der Waals surface area contributed by atoms with Crippen molar-refractivity contribution >= 4 is 22.6 Å². The molecule has 1 aromatic heterocycles. The molecule has 0 bridgehead atoms. The van der Waals surface area contributed by atoms with Crippen LogP contribution < -0.4 is 5.32 Å². The molecule has 0 fully saturated rings. The molecule has 2 aromatic carbocycles. The lowest BCUT2D eigenvalue weighted by Crippen LogP contribution is -2.25. The molecule has 3 rings (SSSR count). The molecule has 1 amide bonds. The molecule has 3 aromatic rings. The number of para-hydroxylation sites is 1. The Labute approximate surface area is 144 Å². The quantitative estimate of drug-likeness (QED) is 0.436. The number of hydrogen-bond donors (Lipinski definition) is 2. The van der Waals surface area contributed by atoms with Gasteiger partial charge in [0.15, 0.2) is 11.3 Å². The summed E-state index contributed by atoms with van der Waals surface area (Å²) in [6.45, 7) is 0.265. The second-order valence-electron chi connectivity index (χ2n) is 5.49. The first kappa shape index (κ1) is 16.3. The summed E-state index contributed by atoms with van der Waals surface area (Å²) in [5, 5.41) is 27.4. The van der Waals surface area contributed by atoms with Gasteiger partial charge < -0.3 is 10.4 Å². The third kappa shape index (κ3) is 3.21. The zero-order chi connectivity index (χ0) is 17.8. The molecule has 6 heteroatoms. The van der Waals surface area contributed by atoms with Gasteiger partial charge in [-0.3, -0.25) is 9.48 Å². The fourth-order valence-corrected chi connectivity index (χ4v) is 2.58. The SMILES string of the molecule is Cn1nc(/C(O)=C(\C#N)C(=O)NCc2ccccc2)c2ccccc21. The van der Waals surface area contributed by atoms with Crippen molar-refractivity contribution in [3.63, 3.8) is 0 Å². The van der Waals surface area contributed by atoms with Crippen LogP contribution in [0.4, 0.5) is 0 Å². The lowest BCUT2D eigenvalue weighted by molar-refractivity contribution is -0.117. The van der Waals surface area contributed by atoms with Gasteiger partial charge in [0.1, 0.15) is 11.8 Å². The average Bonchev–Trinajstić information content (AvgIpc) is 2.98.